The van der Waals surface area contributed by atoms with Crippen molar-refractivity contribution < 1.29 is 23.6 Å². The van der Waals surface area contributed by atoms with Crippen molar-refractivity contribution in [1.82, 2.24) is 0 Å². The average molecular weight is 398 g/mol. The van der Waals surface area contributed by atoms with Crippen molar-refractivity contribution in [1.29, 1.82) is 0 Å². The van der Waals surface area contributed by atoms with Gasteiger partial charge in [0.25, 0.3) is 0 Å². The molecule has 3 aromatic rings. The lowest BCUT2D eigenvalue weighted by molar-refractivity contribution is 0.0516. The molecule has 0 fully saturated rings. The minimum absolute atomic E-state index is 0.115. The van der Waals surface area contributed by atoms with Crippen LogP contribution >= 0.6 is 11.6 Å². The summed E-state index contributed by atoms with van der Waals surface area (Å²) in [6.45, 7) is 1.91. The van der Waals surface area contributed by atoms with Crippen LogP contribution in [-0.4, -0.2) is 24.8 Å². The maximum Gasteiger partial charge on any atom is 0.365 e. The molecular formula is C21H16ClNO5. The van der Waals surface area contributed by atoms with Gasteiger partial charge in [-0.2, -0.15) is 0 Å². The normalized spacial score (nSPS) is 10.8. The fraction of sp³-hybridized carbons (Fsp3) is 0.0952. The van der Waals surface area contributed by atoms with Crippen molar-refractivity contribution in [3.8, 4) is 11.3 Å². The van der Waals surface area contributed by atoms with Gasteiger partial charge < -0.3 is 14.0 Å². The van der Waals surface area contributed by atoms with E-state index in [2.05, 4.69) is 5.16 Å². The Hall–Kier alpha value is -3.38. The first-order valence-corrected chi connectivity index (χ1v) is 8.83. The molecule has 0 aliphatic heterocycles. The Morgan fingerprint density at radius 2 is 1.79 bits per heavy atom. The van der Waals surface area contributed by atoms with E-state index in [4.69, 9.17) is 25.6 Å². The maximum absolute atomic E-state index is 12.2. The minimum atomic E-state index is -0.626. The standard InChI is InChI=1S/C21H16ClNO5/c1-2-26-21(25)17-12-18(14-8-10-16(22)11-9-14)27-19(17)13-23-28-20(24)15-6-4-3-5-7-15/h3-13H,2H2,1H3. The summed E-state index contributed by atoms with van der Waals surface area (Å²) in [5, 5.41) is 4.22. The van der Waals surface area contributed by atoms with Crippen molar-refractivity contribution in [2.45, 2.75) is 6.92 Å². The number of esters is 1. The minimum Gasteiger partial charge on any atom is -0.462 e. The van der Waals surface area contributed by atoms with Crippen molar-refractivity contribution in [3.63, 3.8) is 0 Å². The number of ether oxygens (including phenoxy) is 1. The monoisotopic (exact) mass is 397 g/mol. The Kier molecular flexibility index (Phi) is 6.24. The quantitative estimate of drug-likeness (QED) is 0.254. The number of benzene rings is 2. The lowest BCUT2D eigenvalue weighted by Gasteiger charge is -1.99. The highest BCUT2D eigenvalue weighted by Gasteiger charge is 2.19. The topological polar surface area (TPSA) is 78.1 Å². The Morgan fingerprint density at radius 3 is 2.46 bits per heavy atom. The molecule has 3 rings (SSSR count). The molecule has 0 aliphatic carbocycles. The molecule has 0 spiro atoms. The number of oxime groups is 1. The van der Waals surface area contributed by atoms with Gasteiger partial charge in [-0.3, -0.25) is 0 Å². The number of nitrogens with zero attached hydrogens (tertiary/aromatic N) is 1. The number of halogens is 1. The van der Waals surface area contributed by atoms with Crippen LogP contribution in [0.2, 0.25) is 5.02 Å². The van der Waals surface area contributed by atoms with Crippen LogP contribution in [0, 0.1) is 0 Å². The van der Waals surface area contributed by atoms with Crippen LogP contribution in [0.5, 0.6) is 0 Å². The zero-order chi connectivity index (χ0) is 19.9. The van der Waals surface area contributed by atoms with Crippen molar-refractivity contribution in [3.05, 3.63) is 82.6 Å². The van der Waals surface area contributed by atoms with E-state index in [1.165, 1.54) is 0 Å². The highest BCUT2D eigenvalue weighted by Crippen LogP contribution is 2.27. The lowest BCUT2D eigenvalue weighted by atomic mass is 10.1. The van der Waals surface area contributed by atoms with Crippen LogP contribution in [0.4, 0.5) is 0 Å². The fourth-order valence-electron chi connectivity index (χ4n) is 2.37. The summed E-state index contributed by atoms with van der Waals surface area (Å²) >= 11 is 5.90. The SMILES string of the molecule is CCOC(=O)c1cc(-c2ccc(Cl)cc2)oc1C=NOC(=O)c1ccccc1. The zero-order valence-corrected chi connectivity index (χ0v) is 15.7. The summed E-state index contributed by atoms with van der Waals surface area (Å²) in [5.74, 6) is -0.652. The third-order valence-corrected chi connectivity index (χ3v) is 3.95. The van der Waals surface area contributed by atoms with Gasteiger partial charge >= 0.3 is 11.9 Å². The fourth-order valence-corrected chi connectivity index (χ4v) is 2.50. The predicted molar refractivity (Wildman–Crippen MR) is 105 cm³/mol. The number of hydrogen-bond acceptors (Lipinski definition) is 6. The summed E-state index contributed by atoms with van der Waals surface area (Å²) in [4.78, 5) is 29.0. The first-order chi connectivity index (χ1) is 13.6. The van der Waals surface area contributed by atoms with Gasteiger partial charge in [0.15, 0.2) is 5.76 Å². The Labute approximate surface area is 166 Å². The molecule has 0 atom stereocenters. The maximum atomic E-state index is 12.2. The molecule has 0 radical (unpaired) electrons. The summed E-state index contributed by atoms with van der Waals surface area (Å²) in [5.41, 5.74) is 1.24. The van der Waals surface area contributed by atoms with Gasteiger partial charge in [-0.25, -0.2) is 9.59 Å². The van der Waals surface area contributed by atoms with Gasteiger partial charge in [0.05, 0.1) is 12.2 Å². The van der Waals surface area contributed by atoms with E-state index in [1.807, 2.05) is 0 Å². The van der Waals surface area contributed by atoms with Crippen LogP contribution in [0.3, 0.4) is 0 Å². The van der Waals surface area contributed by atoms with Gasteiger partial charge in [-0.15, -0.1) is 0 Å². The molecule has 6 nitrogen and oxygen atoms in total. The summed E-state index contributed by atoms with van der Waals surface area (Å²) in [6.07, 6.45) is 1.16. The second kappa shape index (κ2) is 9.01. The predicted octanol–water partition coefficient (Wildman–Crippen LogP) is 4.97. The molecule has 0 amide bonds. The number of carbonyl (C=O) groups excluding carboxylic acids is 2. The molecule has 0 saturated carbocycles. The van der Waals surface area contributed by atoms with Crippen LogP contribution in [-0.2, 0) is 9.57 Å². The molecule has 1 heterocycles. The molecule has 1 aromatic heterocycles. The molecule has 0 bridgehead atoms. The second-order valence-electron chi connectivity index (χ2n) is 5.60. The van der Waals surface area contributed by atoms with Crippen molar-refractivity contribution in [2.24, 2.45) is 5.16 Å². The van der Waals surface area contributed by atoms with Gasteiger partial charge in [0.2, 0.25) is 0 Å². The van der Waals surface area contributed by atoms with Crippen LogP contribution in [0.15, 0.2) is 70.2 Å². The summed E-state index contributed by atoms with van der Waals surface area (Å²) < 4.78 is 10.8. The second-order valence-corrected chi connectivity index (χ2v) is 6.03. The smallest absolute Gasteiger partial charge is 0.365 e. The summed E-state index contributed by atoms with van der Waals surface area (Å²) in [6, 6.07) is 16.9. The van der Waals surface area contributed by atoms with Crippen LogP contribution < -0.4 is 0 Å². The van der Waals surface area contributed by atoms with E-state index in [9.17, 15) is 9.59 Å². The number of hydrogen-bond donors (Lipinski definition) is 0. The molecule has 7 heteroatoms. The molecule has 28 heavy (non-hydrogen) atoms. The highest BCUT2D eigenvalue weighted by molar-refractivity contribution is 6.30. The largest absolute Gasteiger partial charge is 0.462 e. The van der Waals surface area contributed by atoms with Gasteiger partial charge in [-0.05, 0) is 49.4 Å². The van der Waals surface area contributed by atoms with Crippen LogP contribution in [0.25, 0.3) is 11.3 Å². The van der Waals surface area contributed by atoms with Gasteiger partial charge in [-0.1, -0.05) is 35.0 Å². The third-order valence-electron chi connectivity index (χ3n) is 3.70. The number of furan rings is 1. The third kappa shape index (κ3) is 4.66. The van der Waals surface area contributed by atoms with E-state index < -0.39 is 11.9 Å². The molecule has 0 unspecified atom stereocenters. The van der Waals surface area contributed by atoms with Crippen molar-refractivity contribution in [2.75, 3.05) is 6.61 Å². The molecule has 0 N–H and O–H groups in total. The van der Waals surface area contributed by atoms with E-state index in [-0.39, 0.29) is 17.9 Å². The zero-order valence-electron chi connectivity index (χ0n) is 14.9. The van der Waals surface area contributed by atoms with E-state index in [1.54, 1.807) is 67.6 Å². The van der Waals surface area contributed by atoms with Crippen LogP contribution in [0.1, 0.15) is 33.4 Å². The van der Waals surface area contributed by atoms with Gasteiger partial charge in [0, 0.05) is 10.6 Å². The first kappa shape index (κ1) is 19.4. The highest BCUT2D eigenvalue weighted by atomic mass is 35.5. The van der Waals surface area contributed by atoms with E-state index in [0.717, 1.165) is 11.8 Å². The molecule has 2 aromatic carbocycles. The van der Waals surface area contributed by atoms with E-state index >= 15 is 0 Å². The molecule has 142 valence electrons. The molecule has 0 saturated heterocycles. The number of rotatable bonds is 6. The number of carbonyl (C=O) groups is 2. The Bertz CT molecular complexity index is 993. The van der Waals surface area contributed by atoms with Crippen molar-refractivity contribution >= 4 is 29.8 Å². The Balaban J connectivity index is 1.84. The summed E-state index contributed by atoms with van der Waals surface area (Å²) in [7, 11) is 0. The van der Waals surface area contributed by atoms with E-state index in [0.29, 0.717) is 16.3 Å². The molecule has 0 aliphatic rings. The lowest BCUT2D eigenvalue weighted by Crippen LogP contribution is -2.06. The average Bonchev–Trinajstić information content (AvgIpc) is 3.13. The first-order valence-electron chi connectivity index (χ1n) is 8.45. The molecular weight excluding hydrogens is 382 g/mol. The Morgan fingerprint density at radius 1 is 1.07 bits per heavy atom. The van der Waals surface area contributed by atoms with Gasteiger partial charge in [0.1, 0.15) is 17.5 Å².